The van der Waals surface area contributed by atoms with E-state index < -0.39 is 0 Å². The number of fused-ring (bicyclic) bond motifs is 1. The zero-order valence-electron chi connectivity index (χ0n) is 19.6. The summed E-state index contributed by atoms with van der Waals surface area (Å²) in [7, 11) is 0. The summed E-state index contributed by atoms with van der Waals surface area (Å²) in [5.41, 5.74) is 2.60. The molecule has 1 saturated carbocycles. The largest absolute Gasteiger partial charge is 0.339 e. The van der Waals surface area contributed by atoms with Gasteiger partial charge in [0.25, 0.3) is 0 Å². The van der Waals surface area contributed by atoms with E-state index in [1.165, 1.54) is 35.3 Å². The van der Waals surface area contributed by atoms with Crippen LogP contribution in [0.25, 0.3) is 0 Å². The van der Waals surface area contributed by atoms with E-state index in [4.69, 9.17) is 0 Å². The van der Waals surface area contributed by atoms with Crippen molar-refractivity contribution in [3.05, 3.63) is 57.8 Å². The summed E-state index contributed by atoms with van der Waals surface area (Å²) in [5, 5.41) is 2.18. The number of carbonyl (C=O) groups excluding carboxylic acids is 2. The molecule has 6 heteroatoms. The molecule has 1 saturated heterocycles. The third kappa shape index (κ3) is 4.60. The first-order chi connectivity index (χ1) is 16.1. The van der Waals surface area contributed by atoms with Gasteiger partial charge in [0, 0.05) is 43.5 Å². The summed E-state index contributed by atoms with van der Waals surface area (Å²) >= 11 is 1.83. The van der Waals surface area contributed by atoms with E-state index in [2.05, 4.69) is 47.5 Å². The van der Waals surface area contributed by atoms with Crippen LogP contribution in [-0.2, 0) is 16.0 Å². The molecule has 1 aliphatic carbocycles. The van der Waals surface area contributed by atoms with Crippen molar-refractivity contribution in [2.75, 3.05) is 32.7 Å². The number of hydrogen-bond donors (Lipinski definition) is 0. The molecule has 1 aromatic carbocycles. The van der Waals surface area contributed by atoms with Crippen molar-refractivity contribution < 1.29 is 9.59 Å². The quantitative estimate of drug-likeness (QED) is 0.675. The molecule has 0 N–H and O–H groups in total. The van der Waals surface area contributed by atoms with Crippen LogP contribution < -0.4 is 0 Å². The van der Waals surface area contributed by atoms with Crippen molar-refractivity contribution in [3.8, 4) is 0 Å². The molecular formula is C27H35N3O2S. The number of piperazine rings is 1. The summed E-state index contributed by atoms with van der Waals surface area (Å²) in [6.07, 6.45) is 6.69. The first-order valence-electron chi connectivity index (χ1n) is 12.6. The molecule has 3 heterocycles. The van der Waals surface area contributed by atoms with E-state index in [-0.39, 0.29) is 23.9 Å². The van der Waals surface area contributed by atoms with Gasteiger partial charge in [0.2, 0.25) is 11.8 Å². The molecule has 2 amide bonds. The molecule has 1 aromatic heterocycles. The molecule has 0 spiro atoms. The highest BCUT2D eigenvalue weighted by molar-refractivity contribution is 7.10. The lowest BCUT2D eigenvalue weighted by molar-refractivity contribution is -0.145. The third-order valence-corrected chi connectivity index (χ3v) is 8.83. The Bertz CT molecular complexity index is 961. The topological polar surface area (TPSA) is 43.9 Å². The maximum Gasteiger partial charge on any atom is 0.239 e. The molecule has 3 aliphatic rings. The average Bonchev–Trinajstić information content (AvgIpc) is 3.37. The van der Waals surface area contributed by atoms with Crippen LogP contribution in [0.1, 0.15) is 61.1 Å². The van der Waals surface area contributed by atoms with Gasteiger partial charge in [-0.2, -0.15) is 0 Å². The molecular weight excluding hydrogens is 430 g/mol. The van der Waals surface area contributed by atoms with Gasteiger partial charge in [-0.25, -0.2) is 0 Å². The van der Waals surface area contributed by atoms with Crippen LogP contribution in [0.4, 0.5) is 0 Å². The van der Waals surface area contributed by atoms with Crippen molar-refractivity contribution >= 4 is 23.2 Å². The second-order valence-electron chi connectivity index (χ2n) is 9.76. The average molecular weight is 466 g/mol. The summed E-state index contributed by atoms with van der Waals surface area (Å²) < 4.78 is 0. The van der Waals surface area contributed by atoms with E-state index in [1.54, 1.807) is 0 Å². The molecule has 2 unspecified atom stereocenters. The number of hydrogen-bond acceptors (Lipinski definition) is 4. The van der Waals surface area contributed by atoms with E-state index in [9.17, 15) is 9.59 Å². The first-order valence-corrected chi connectivity index (χ1v) is 13.5. The predicted octanol–water partition coefficient (Wildman–Crippen LogP) is 4.34. The van der Waals surface area contributed by atoms with E-state index >= 15 is 0 Å². The minimum Gasteiger partial charge on any atom is -0.339 e. The van der Waals surface area contributed by atoms with Crippen molar-refractivity contribution in [2.24, 2.45) is 5.92 Å². The van der Waals surface area contributed by atoms with Crippen molar-refractivity contribution in [1.82, 2.24) is 14.7 Å². The minimum atomic E-state index is -0.191. The van der Waals surface area contributed by atoms with Gasteiger partial charge < -0.3 is 9.80 Å². The number of amides is 2. The smallest absolute Gasteiger partial charge is 0.239 e. The number of thiophene rings is 1. The van der Waals surface area contributed by atoms with Crippen LogP contribution in [0.2, 0.25) is 0 Å². The molecule has 2 atom stereocenters. The van der Waals surface area contributed by atoms with Gasteiger partial charge in [0.1, 0.15) is 0 Å². The number of nitrogens with zero attached hydrogens (tertiary/aromatic N) is 3. The maximum atomic E-state index is 13.6. The lowest BCUT2D eigenvalue weighted by atomic mass is 9.88. The fourth-order valence-electron chi connectivity index (χ4n) is 5.92. The standard InChI is InChI=1S/C27H35N3O2S/c1-20(26(31)28-15-17-29(18-16-28)27(32)22-10-6-3-7-11-22)30-14-12-24-23(13-19-33-24)25(30)21-8-4-2-5-9-21/h2,4-5,8-9,13,19-20,22,25H,3,6-7,10-12,14-18H2,1H3. The fraction of sp³-hybridized carbons (Fsp3) is 0.556. The zero-order chi connectivity index (χ0) is 22.8. The van der Waals surface area contributed by atoms with Crippen LogP contribution in [0.15, 0.2) is 41.8 Å². The van der Waals surface area contributed by atoms with E-state index in [0.717, 1.165) is 25.8 Å². The summed E-state index contributed by atoms with van der Waals surface area (Å²) in [5.74, 6) is 0.721. The zero-order valence-corrected chi connectivity index (χ0v) is 20.4. The predicted molar refractivity (Wildman–Crippen MR) is 132 cm³/mol. The molecule has 2 aliphatic heterocycles. The minimum absolute atomic E-state index is 0.120. The molecule has 176 valence electrons. The number of rotatable bonds is 4. The van der Waals surface area contributed by atoms with Crippen molar-refractivity contribution in [1.29, 1.82) is 0 Å². The fourth-order valence-corrected chi connectivity index (χ4v) is 6.82. The van der Waals surface area contributed by atoms with Crippen LogP contribution >= 0.6 is 11.3 Å². The van der Waals surface area contributed by atoms with Crippen LogP contribution in [0.3, 0.4) is 0 Å². The molecule has 2 aromatic rings. The first kappa shape index (κ1) is 22.6. The van der Waals surface area contributed by atoms with Gasteiger partial charge in [0.05, 0.1) is 12.1 Å². The Morgan fingerprint density at radius 3 is 2.33 bits per heavy atom. The normalized spacial score (nSPS) is 23.2. The Hall–Kier alpha value is -2.18. The Morgan fingerprint density at radius 2 is 1.61 bits per heavy atom. The van der Waals surface area contributed by atoms with Crippen LogP contribution in [0.5, 0.6) is 0 Å². The third-order valence-electron chi connectivity index (χ3n) is 7.83. The van der Waals surface area contributed by atoms with Crippen molar-refractivity contribution in [3.63, 3.8) is 0 Å². The van der Waals surface area contributed by atoms with Crippen molar-refractivity contribution in [2.45, 2.75) is 57.5 Å². The van der Waals surface area contributed by atoms with Gasteiger partial charge in [-0.05, 0) is 48.8 Å². The highest BCUT2D eigenvalue weighted by atomic mass is 32.1. The Morgan fingerprint density at radius 1 is 0.909 bits per heavy atom. The Labute approximate surface area is 201 Å². The maximum absolute atomic E-state index is 13.6. The molecule has 33 heavy (non-hydrogen) atoms. The lowest BCUT2D eigenvalue weighted by Gasteiger charge is -2.43. The number of carbonyl (C=O) groups is 2. The molecule has 0 radical (unpaired) electrons. The monoisotopic (exact) mass is 465 g/mol. The number of benzene rings is 1. The van der Waals surface area contributed by atoms with Gasteiger partial charge in [-0.1, -0.05) is 49.6 Å². The lowest BCUT2D eigenvalue weighted by Crippen LogP contribution is -2.57. The molecule has 5 rings (SSSR count). The van der Waals surface area contributed by atoms with Gasteiger partial charge >= 0.3 is 0 Å². The summed E-state index contributed by atoms with van der Waals surface area (Å²) in [4.78, 5) is 34.3. The SMILES string of the molecule is CC(C(=O)N1CCN(C(=O)C2CCCCC2)CC1)N1CCc2sccc2C1c1ccccc1. The van der Waals surface area contributed by atoms with Crippen LogP contribution in [0, 0.1) is 5.92 Å². The van der Waals surface area contributed by atoms with E-state index in [1.807, 2.05) is 27.2 Å². The highest BCUT2D eigenvalue weighted by Crippen LogP contribution is 2.39. The Balaban J connectivity index is 1.26. The summed E-state index contributed by atoms with van der Waals surface area (Å²) in [6, 6.07) is 12.7. The second-order valence-corrected chi connectivity index (χ2v) is 10.8. The van der Waals surface area contributed by atoms with Gasteiger partial charge in [-0.15, -0.1) is 11.3 Å². The molecule has 5 nitrogen and oxygen atoms in total. The molecule has 0 bridgehead atoms. The Kier molecular flexibility index (Phi) is 6.84. The van der Waals surface area contributed by atoms with Gasteiger partial charge in [-0.3, -0.25) is 14.5 Å². The highest BCUT2D eigenvalue weighted by Gasteiger charge is 2.38. The summed E-state index contributed by atoms with van der Waals surface area (Å²) in [6.45, 7) is 5.59. The molecule has 2 fully saturated rings. The van der Waals surface area contributed by atoms with E-state index in [0.29, 0.717) is 32.1 Å². The van der Waals surface area contributed by atoms with Gasteiger partial charge in [0.15, 0.2) is 0 Å². The van der Waals surface area contributed by atoms with Crippen LogP contribution in [-0.4, -0.2) is 65.3 Å². The second kappa shape index (κ2) is 9.98.